The summed E-state index contributed by atoms with van der Waals surface area (Å²) < 4.78 is 16.7. The lowest BCUT2D eigenvalue weighted by molar-refractivity contribution is -0.111. The first-order valence-electron chi connectivity index (χ1n) is 13.0. The van der Waals surface area contributed by atoms with Gasteiger partial charge in [-0.15, -0.1) is 0 Å². The summed E-state index contributed by atoms with van der Waals surface area (Å²) in [6.07, 6.45) is 2.43. The Bertz CT molecular complexity index is 1650. The molecule has 0 unspecified atom stereocenters. The van der Waals surface area contributed by atoms with Crippen LogP contribution in [0.25, 0.3) is 16.7 Å². The van der Waals surface area contributed by atoms with Crippen molar-refractivity contribution in [3.8, 4) is 5.69 Å². The van der Waals surface area contributed by atoms with Gasteiger partial charge in [-0.2, -0.15) is 9.97 Å². The Hall–Kier alpha value is -4.72. The second-order valence-electron chi connectivity index (χ2n) is 9.34. The van der Waals surface area contributed by atoms with Crippen LogP contribution in [0.3, 0.4) is 0 Å². The predicted molar refractivity (Wildman–Crippen MR) is 153 cm³/mol. The fourth-order valence-electron chi connectivity index (χ4n) is 4.69. The lowest BCUT2D eigenvalue weighted by Crippen LogP contribution is -2.47. The van der Waals surface area contributed by atoms with Gasteiger partial charge in [0.05, 0.1) is 18.0 Å². The molecule has 2 aromatic heterocycles. The standard InChI is InChI=1S/C28H29FN8O4/c1-2-25(40)31-18-4-3-5-20(14-18)37-24(17-39)33-27(41)21-16-30-28(34-26(21)37)32-23-7-6-19(15-22(23)29)36-10-8-35(9-11-36)12-13-38/h2-7,14-16,38-39H,1,8-13,17H2,(H,31,40)(H,30,32,34). The van der Waals surface area contributed by atoms with E-state index in [9.17, 15) is 14.7 Å². The number of anilines is 4. The average Bonchev–Trinajstić information content (AvgIpc) is 2.98. The Labute approximate surface area is 234 Å². The second kappa shape index (κ2) is 12.2. The molecule has 212 valence electrons. The molecule has 0 aliphatic carbocycles. The number of carbonyl (C=O) groups is 1. The summed E-state index contributed by atoms with van der Waals surface area (Å²) in [4.78, 5) is 41.4. The summed E-state index contributed by atoms with van der Waals surface area (Å²) in [5.74, 6) is -0.855. The molecule has 41 heavy (non-hydrogen) atoms. The van der Waals surface area contributed by atoms with E-state index >= 15 is 4.39 Å². The van der Waals surface area contributed by atoms with E-state index in [1.807, 2.05) is 0 Å². The molecule has 1 fully saturated rings. The fraction of sp³-hybridized carbons (Fsp3) is 0.250. The number of rotatable bonds is 9. The molecule has 3 heterocycles. The van der Waals surface area contributed by atoms with E-state index in [-0.39, 0.29) is 35.1 Å². The van der Waals surface area contributed by atoms with E-state index in [1.165, 1.54) is 16.8 Å². The van der Waals surface area contributed by atoms with Crippen molar-refractivity contribution >= 4 is 40.0 Å². The van der Waals surface area contributed by atoms with Gasteiger partial charge in [-0.1, -0.05) is 12.6 Å². The maximum Gasteiger partial charge on any atom is 0.284 e. The number of amides is 1. The van der Waals surface area contributed by atoms with Crippen LogP contribution >= 0.6 is 0 Å². The number of fused-ring (bicyclic) bond motifs is 1. The molecule has 1 saturated heterocycles. The van der Waals surface area contributed by atoms with Gasteiger partial charge in [-0.25, -0.2) is 9.37 Å². The van der Waals surface area contributed by atoms with Gasteiger partial charge in [0.25, 0.3) is 5.56 Å². The van der Waals surface area contributed by atoms with Gasteiger partial charge < -0.3 is 25.7 Å². The number of carbonyl (C=O) groups excluding carboxylic acids is 1. The maximum atomic E-state index is 15.2. The smallest absolute Gasteiger partial charge is 0.284 e. The van der Waals surface area contributed by atoms with E-state index in [4.69, 9.17) is 5.11 Å². The molecule has 1 amide bonds. The van der Waals surface area contributed by atoms with Crippen molar-refractivity contribution in [1.29, 1.82) is 0 Å². The van der Waals surface area contributed by atoms with Crippen LogP contribution in [0.15, 0.2) is 66.1 Å². The van der Waals surface area contributed by atoms with E-state index in [2.05, 4.69) is 42.0 Å². The number of hydrogen-bond acceptors (Lipinski definition) is 10. The number of aromatic nitrogens is 4. The van der Waals surface area contributed by atoms with Crippen LogP contribution in [0.4, 0.5) is 27.4 Å². The van der Waals surface area contributed by atoms with Gasteiger partial charge >= 0.3 is 0 Å². The molecule has 0 spiro atoms. The van der Waals surface area contributed by atoms with E-state index in [1.54, 1.807) is 36.4 Å². The third-order valence-electron chi connectivity index (χ3n) is 6.75. The van der Waals surface area contributed by atoms with Crippen LogP contribution in [-0.4, -0.2) is 79.9 Å². The summed E-state index contributed by atoms with van der Waals surface area (Å²) in [5, 5.41) is 24.8. The molecule has 2 aromatic carbocycles. The summed E-state index contributed by atoms with van der Waals surface area (Å²) in [7, 11) is 0. The molecule has 12 nitrogen and oxygen atoms in total. The van der Waals surface area contributed by atoms with Crippen LogP contribution in [0.1, 0.15) is 5.82 Å². The topological polar surface area (TPSA) is 149 Å². The molecule has 13 heteroatoms. The van der Waals surface area contributed by atoms with Crippen molar-refractivity contribution in [2.24, 2.45) is 0 Å². The number of benzene rings is 2. The van der Waals surface area contributed by atoms with Gasteiger partial charge in [-0.3, -0.25) is 19.1 Å². The molecular weight excluding hydrogens is 531 g/mol. The number of β-amino-alcohol motifs (C(OH)–C–C–N with tert-alkyl or cyclic N) is 1. The summed E-state index contributed by atoms with van der Waals surface area (Å²) in [6, 6.07) is 11.5. The Morgan fingerprint density at radius 2 is 1.88 bits per heavy atom. The molecule has 1 aliphatic rings. The molecule has 4 N–H and O–H groups in total. The highest BCUT2D eigenvalue weighted by molar-refractivity contribution is 5.99. The van der Waals surface area contributed by atoms with E-state index in [0.717, 1.165) is 37.9 Å². The SMILES string of the molecule is C=CC(=O)Nc1cccc(-n2c(CO)nc(=O)c3cnc(Nc4ccc(N5CCN(CCO)CC5)cc4F)nc32)c1. The first-order chi connectivity index (χ1) is 19.9. The van der Waals surface area contributed by atoms with Crippen LogP contribution in [0.5, 0.6) is 0 Å². The maximum absolute atomic E-state index is 15.2. The number of piperazine rings is 1. The van der Waals surface area contributed by atoms with Crippen LogP contribution in [0, 0.1) is 5.82 Å². The molecule has 0 atom stereocenters. The summed E-state index contributed by atoms with van der Waals surface area (Å²) in [6.45, 7) is 6.62. The molecule has 0 radical (unpaired) electrons. The zero-order valence-electron chi connectivity index (χ0n) is 22.1. The lowest BCUT2D eigenvalue weighted by atomic mass is 10.2. The largest absolute Gasteiger partial charge is 0.395 e. The average molecular weight is 561 g/mol. The quantitative estimate of drug-likeness (QED) is 0.223. The minimum absolute atomic E-state index is 0.0222. The molecule has 1 aliphatic heterocycles. The monoisotopic (exact) mass is 560 g/mol. The van der Waals surface area contributed by atoms with E-state index in [0.29, 0.717) is 17.9 Å². The molecular formula is C28H29FN8O4. The van der Waals surface area contributed by atoms with Gasteiger partial charge in [0.1, 0.15) is 23.6 Å². The Kier molecular flexibility index (Phi) is 8.29. The number of aliphatic hydroxyl groups is 2. The lowest BCUT2D eigenvalue weighted by Gasteiger charge is -2.35. The molecule has 0 saturated carbocycles. The van der Waals surface area contributed by atoms with Gasteiger partial charge in [0, 0.05) is 50.3 Å². The van der Waals surface area contributed by atoms with Crippen LogP contribution in [-0.2, 0) is 11.4 Å². The van der Waals surface area contributed by atoms with Crippen molar-refractivity contribution in [1.82, 2.24) is 24.4 Å². The fourth-order valence-corrected chi connectivity index (χ4v) is 4.69. The third kappa shape index (κ3) is 6.06. The second-order valence-corrected chi connectivity index (χ2v) is 9.34. The Morgan fingerprint density at radius 3 is 2.59 bits per heavy atom. The molecule has 0 bridgehead atoms. The predicted octanol–water partition coefficient (Wildman–Crippen LogP) is 1.79. The van der Waals surface area contributed by atoms with Crippen LogP contribution < -0.4 is 21.1 Å². The minimum atomic E-state index is -0.627. The first kappa shape index (κ1) is 27.8. The zero-order chi connectivity index (χ0) is 28.9. The third-order valence-corrected chi connectivity index (χ3v) is 6.75. The van der Waals surface area contributed by atoms with Crippen LogP contribution in [0.2, 0.25) is 0 Å². The van der Waals surface area contributed by atoms with Gasteiger partial charge in [-0.05, 0) is 42.5 Å². The first-order valence-corrected chi connectivity index (χ1v) is 13.0. The number of aliphatic hydroxyl groups excluding tert-OH is 2. The van der Waals surface area contributed by atoms with Gasteiger partial charge in [0.15, 0.2) is 5.65 Å². The number of hydrogen-bond donors (Lipinski definition) is 4. The zero-order valence-corrected chi connectivity index (χ0v) is 22.1. The van der Waals surface area contributed by atoms with Gasteiger partial charge in [0.2, 0.25) is 11.9 Å². The van der Waals surface area contributed by atoms with Crippen molar-refractivity contribution in [3.05, 3.63) is 83.3 Å². The Balaban J connectivity index is 1.46. The highest BCUT2D eigenvalue weighted by atomic mass is 19.1. The van der Waals surface area contributed by atoms with Crippen molar-refractivity contribution in [2.75, 3.05) is 54.9 Å². The number of halogens is 1. The van der Waals surface area contributed by atoms with E-state index < -0.39 is 23.9 Å². The number of nitrogens with one attached hydrogen (secondary N) is 2. The number of nitrogens with zero attached hydrogens (tertiary/aromatic N) is 6. The summed E-state index contributed by atoms with van der Waals surface area (Å²) >= 11 is 0. The van der Waals surface area contributed by atoms with Crippen molar-refractivity contribution in [2.45, 2.75) is 6.61 Å². The highest BCUT2D eigenvalue weighted by Gasteiger charge is 2.19. The Morgan fingerprint density at radius 1 is 1.07 bits per heavy atom. The summed E-state index contributed by atoms with van der Waals surface area (Å²) in [5.41, 5.74) is 1.31. The van der Waals surface area contributed by atoms with Crippen molar-refractivity contribution in [3.63, 3.8) is 0 Å². The molecule has 4 aromatic rings. The molecule has 5 rings (SSSR count). The minimum Gasteiger partial charge on any atom is -0.395 e. The highest BCUT2D eigenvalue weighted by Crippen LogP contribution is 2.26. The normalized spacial score (nSPS) is 13.8. The van der Waals surface area contributed by atoms with Crippen molar-refractivity contribution < 1.29 is 19.4 Å².